The Kier molecular flexibility index (Phi) is 9.07. The minimum Gasteiger partial charge on any atom is -0.452 e. The van der Waals surface area contributed by atoms with Crippen LogP contribution < -0.4 is 10.4 Å². The lowest BCUT2D eigenvalue weighted by atomic mass is 9.86. The summed E-state index contributed by atoms with van der Waals surface area (Å²) in [5.74, 6) is -0.0766. The molecule has 0 aromatic heterocycles. The number of hydrogen-bond donors (Lipinski definition) is 0. The zero-order chi connectivity index (χ0) is 31.5. The summed E-state index contributed by atoms with van der Waals surface area (Å²) in [6, 6.07) is 41.3. The maximum Gasteiger partial charge on any atom is 0.267 e. The molecule has 45 heavy (non-hydrogen) atoms. The molecule has 0 radical (unpaired) electrons. The second-order valence-corrected chi connectivity index (χ2v) is 17.7. The van der Waals surface area contributed by atoms with Crippen LogP contribution in [-0.2, 0) is 24.3 Å². The molecule has 0 spiro atoms. The molecule has 2 saturated heterocycles. The standard InChI is InChI=1S/C38H41NO4SSi/c1-37(2,3)45(33-20-12-6-13-21-33,34-22-14-7-15-23-34)41-27-32-25-24-31(42-32)26-35(40)39-28-38(43-36(39)44,29-16-8-4-9-17-29)30-18-10-5-11-19-30/h4-23,31-32H,24-28H2,1-3H3/t31-,32-/m0/s1. The van der Waals surface area contributed by atoms with E-state index in [4.69, 9.17) is 26.1 Å². The number of ether oxygens (including phenoxy) is 2. The monoisotopic (exact) mass is 635 g/mol. The minimum absolute atomic E-state index is 0.0766. The summed E-state index contributed by atoms with van der Waals surface area (Å²) in [7, 11) is -2.67. The number of carbonyl (C=O) groups is 1. The molecule has 2 heterocycles. The van der Waals surface area contributed by atoms with Gasteiger partial charge in [0.2, 0.25) is 5.91 Å². The van der Waals surface area contributed by atoms with Crippen LogP contribution in [0.5, 0.6) is 0 Å². The van der Waals surface area contributed by atoms with E-state index in [1.54, 1.807) is 4.90 Å². The van der Waals surface area contributed by atoms with Crippen molar-refractivity contribution in [1.82, 2.24) is 4.90 Å². The molecule has 2 aliphatic heterocycles. The molecule has 0 bridgehead atoms. The first-order valence-corrected chi connectivity index (χ1v) is 18.1. The Morgan fingerprint density at radius 2 is 1.27 bits per heavy atom. The van der Waals surface area contributed by atoms with Gasteiger partial charge in [-0.15, -0.1) is 0 Å². The Hall–Kier alpha value is -3.62. The van der Waals surface area contributed by atoms with Gasteiger partial charge in [0.05, 0.1) is 31.8 Å². The van der Waals surface area contributed by atoms with E-state index < -0.39 is 13.9 Å². The highest BCUT2D eigenvalue weighted by Crippen LogP contribution is 2.41. The van der Waals surface area contributed by atoms with Crippen molar-refractivity contribution in [2.24, 2.45) is 0 Å². The van der Waals surface area contributed by atoms with Crippen LogP contribution in [0.1, 0.15) is 51.2 Å². The third kappa shape index (κ3) is 6.14. The second-order valence-electron chi connectivity index (χ2n) is 13.0. The van der Waals surface area contributed by atoms with Gasteiger partial charge in [0.25, 0.3) is 13.5 Å². The summed E-state index contributed by atoms with van der Waals surface area (Å²) < 4.78 is 20.0. The highest BCUT2D eigenvalue weighted by atomic mass is 32.1. The van der Waals surface area contributed by atoms with Crippen LogP contribution in [0.25, 0.3) is 0 Å². The summed E-state index contributed by atoms with van der Waals surface area (Å²) in [6.45, 7) is 7.65. The smallest absolute Gasteiger partial charge is 0.267 e. The van der Waals surface area contributed by atoms with Gasteiger partial charge in [-0.2, -0.15) is 0 Å². The lowest BCUT2D eigenvalue weighted by molar-refractivity contribution is -0.130. The van der Waals surface area contributed by atoms with Crippen molar-refractivity contribution in [1.29, 1.82) is 0 Å². The van der Waals surface area contributed by atoms with Gasteiger partial charge in [-0.1, -0.05) is 142 Å². The molecule has 2 fully saturated rings. The lowest BCUT2D eigenvalue weighted by Gasteiger charge is -2.43. The second kappa shape index (κ2) is 13.0. The van der Waals surface area contributed by atoms with Crippen LogP contribution in [0.3, 0.4) is 0 Å². The normalized spacial score (nSPS) is 19.8. The number of rotatable bonds is 9. The SMILES string of the molecule is CC(C)(C)[Si](OC[C@@H]1CC[C@@H](CC(=O)N2CC(c3ccccc3)(c3ccccc3)OC2=S)O1)(c1ccccc1)c1ccccc1. The molecule has 0 saturated carbocycles. The maximum atomic E-state index is 13.7. The summed E-state index contributed by atoms with van der Waals surface area (Å²) in [4.78, 5) is 15.4. The van der Waals surface area contributed by atoms with E-state index in [0.29, 0.717) is 13.2 Å². The summed E-state index contributed by atoms with van der Waals surface area (Å²) in [5, 5.41) is 2.59. The van der Waals surface area contributed by atoms with Crippen molar-refractivity contribution >= 4 is 42.0 Å². The molecule has 0 unspecified atom stereocenters. The fourth-order valence-corrected chi connectivity index (χ4v) is 11.8. The van der Waals surface area contributed by atoms with E-state index in [1.807, 2.05) is 60.7 Å². The molecule has 0 aliphatic carbocycles. The van der Waals surface area contributed by atoms with E-state index in [0.717, 1.165) is 24.0 Å². The zero-order valence-corrected chi connectivity index (χ0v) is 28.0. The Balaban J connectivity index is 1.15. The van der Waals surface area contributed by atoms with Crippen molar-refractivity contribution in [3.8, 4) is 0 Å². The summed E-state index contributed by atoms with van der Waals surface area (Å²) in [5.41, 5.74) is 1.08. The van der Waals surface area contributed by atoms with Gasteiger partial charge in [-0.25, -0.2) is 0 Å². The largest absolute Gasteiger partial charge is 0.452 e. The average Bonchev–Trinajstić information content (AvgIpc) is 3.67. The molecule has 4 aromatic rings. The van der Waals surface area contributed by atoms with E-state index in [1.165, 1.54) is 10.4 Å². The van der Waals surface area contributed by atoms with Crippen molar-refractivity contribution in [3.05, 3.63) is 132 Å². The molecular formula is C38H41NO4SSi. The maximum absolute atomic E-state index is 13.7. The van der Waals surface area contributed by atoms with Gasteiger partial charge >= 0.3 is 0 Å². The van der Waals surface area contributed by atoms with Crippen molar-refractivity contribution < 1.29 is 18.7 Å². The fourth-order valence-electron chi connectivity index (χ4n) is 6.93. The number of benzene rings is 4. The van der Waals surface area contributed by atoms with Crippen LogP contribution in [0.15, 0.2) is 121 Å². The van der Waals surface area contributed by atoms with Gasteiger partial charge in [-0.05, 0) is 40.5 Å². The molecule has 7 heteroatoms. The fraction of sp³-hybridized carbons (Fsp3) is 0.316. The number of hydrogen-bond acceptors (Lipinski definition) is 5. The molecular weight excluding hydrogens is 595 g/mol. The first kappa shape index (κ1) is 31.4. The predicted octanol–water partition coefficient (Wildman–Crippen LogP) is 6.59. The first-order chi connectivity index (χ1) is 21.7. The van der Waals surface area contributed by atoms with E-state index in [9.17, 15) is 4.79 Å². The van der Waals surface area contributed by atoms with Crippen LogP contribution in [0, 0.1) is 0 Å². The van der Waals surface area contributed by atoms with Crippen molar-refractivity contribution in [2.45, 2.75) is 62.9 Å². The Morgan fingerprint density at radius 1 is 0.800 bits per heavy atom. The van der Waals surface area contributed by atoms with Crippen LogP contribution in [0.4, 0.5) is 0 Å². The van der Waals surface area contributed by atoms with Crippen LogP contribution >= 0.6 is 12.2 Å². The summed E-state index contributed by atoms with van der Waals surface area (Å²) >= 11 is 5.67. The highest BCUT2D eigenvalue weighted by molar-refractivity contribution is 7.80. The Bertz CT molecular complexity index is 1520. The number of thiocarbonyl (C=S) groups is 1. The molecule has 4 aromatic carbocycles. The van der Waals surface area contributed by atoms with E-state index in [-0.39, 0.29) is 34.7 Å². The third-order valence-corrected chi connectivity index (χ3v) is 14.5. The predicted molar refractivity (Wildman–Crippen MR) is 185 cm³/mol. The molecule has 6 rings (SSSR count). The van der Waals surface area contributed by atoms with Crippen molar-refractivity contribution in [2.75, 3.05) is 13.2 Å². The van der Waals surface area contributed by atoms with Crippen molar-refractivity contribution in [3.63, 3.8) is 0 Å². The average molecular weight is 636 g/mol. The molecule has 232 valence electrons. The van der Waals surface area contributed by atoms with Crippen LogP contribution in [-0.4, -0.2) is 49.7 Å². The van der Waals surface area contributed by atoms with Gasteiger partial charge in [0.1, 0.15) is 0 Å². The first-order valence-electron chi connectivity index (χ1n) is 15.8. The lowest BCUT2D eigenvalue weighted by Crippen LogP contribution is -2.67. The van der Waals surface area contributed by atoms with E-state index >= 15 is 0 Å². The number of amides is 1. The van der Waals surface area contributed by atoms with Gasteiger partial charge < -0.3 is 13.9 Å². The van der Waals surface area contributed by atoms with Crippen LogP contribution in [0.2, 0.25) is 5.04 Å². The van der Waals surface area contributed by atoms with Gasteiger partial charge in [0, 0.05) is 11.1 Å². The molecule has 2 aliphatic rings. The molecule has 5 nitrogen and oxygen atoms in total. The van der Waals surface area contributed by atoms with E-state index in [2.05, 4.69) is 81.4 Å². The van der Waals surface area contributed by atoms with Gasteiger partial charge in [-0.3, -0.25) is 9.69 Å². The minimum atomic E-state index is -2.67. The quantitative estimate of drug-likeness (QED) is 0.154. The summed E-state index contributed by atoms with van der Waals surface area (Å²) in [6.07, 6.45) is 1.61. The Labute approximate surface area is 273 Å². The Morgan fingerprint density at radius 3 is 1.76 bits per heavy atom. The number of carbonyl (C=O) groups excluding carboxylic acids is 1. The van der Waals surface area contributed by atoms with Gasteiger partial charge in [0.15, 0.2) is 5.60 Å². The highest BCUT2D eigenvalue weighted by Gasteiger charge is 2.51. The number of nitrogens with zero attached hydrogens (tertiary/aromatic N) is 1. The molecule has 2 atom stereocenters. The molecule has 0 N–H and O–H groups in total. The zero-order valence-electron chi connectivity index (χ0n) is 26.2. The molecule has 1 amide bonds. The topological polar surface area (TPSA) is 48.0 Å². The third-order valence-electron chi connectivity index (χ3n) is 9.14.